The summed E-state index contributed by atoms with van der Waals surface area (Å²) in [5.41, 5.74) is 0. The molecule has 0 saturated heterocycles. The van der Waals surface area contributed by atoms with Gasteiger partial charge in [-0.15, -0.1) is 0 Å². The van der Waals surface area contributed by atoms with Crippen molar-refractivity contribution in [1.82, 2.24) is 10.6 Å². The molecule has 0 rings (SSSR count). The van der Waals surface area contributed by atoms with E-state index in [9.17, 15) is 9.59 Å². The van der Waals surface area contributed by atoms with E-state index >= 15 is 0 Å². The van der Waals surface area contributed by atoms with Crippen LogP contribution in [0.1, 0.15) is 26.7 Å². The standard InChI is InChI=1S/C12H24N2O4S/c1-9(2)18-7-4-6-13-12(17)14-10(11(15)16)5-8-19-3/h9-10H,4-8H2,1-3H3,(H,15,16)(H2,13,14,17). The van der Waals surface area contributed by atoms with Crippen LogP contribution in [0.5, 0.6) is 0 Å². The van der Waals surface area contributed by atoms with Crippen molar-refractivity contribution in [1.29, 1.82) is 0 Å². The molecule has 2 amide bonds. The first-order chi connectivity index (χ1) is 8.97. The van der Waals surface area contributed by atoms with E-state index in [0.717, 1.165) is 0 Å². The molecule has 0 fully saturated rings. The topological polar surface area (TPSA) is 87.7 Å². The maximum Gasteiger partial charge on any atom is 0.326 e. The van der Waals surface area contributed by atoms with Crippen LogP contribution in [0.15, 0.2) is 0 Å². The maximum atomic E-state index is 11.5. The van der Waals surface area contributed by atoms with Crippen LogP contribution >= 0.6 is 11.8 Å². The van der Waals surface area contributed by atoms with E-state index in [0.29, 0.717) is 31.7 Å². The van der Waals surface area contributed by atoms with E-state index in [4.69, 9.17) is 9.84 Å². The van der Waals surface area contributed by atoms with E-state index in [-0.39, 0.29) is 6.10 Å². The van der Waals surface area contributed by atoms with Gasteiger partial charge in [0.25, 0.3) is 0 Å². The van der Waals surface area contributed by atoms with Crippen LogP contribution in [0.2, 0.25) is 0 Å². The van der Waals surface area contributed by atoms with Gasteiger partial charge >= 0.3 is 12.0 Å². The molecule has 0 aromatic carbocycles. The summed E-state index contributed by atoms with van der Waals surface area (Å²) in [5.74, 6) is -0.313. The predicted octanol–water partition coefficient (Wildman–Crippen LogP) is 1.31. The fourth-order valence-electron chi connectivity index (χ4n) is 1.30. The van der Waals surface area contributed by atoms with Crippen molar-refractivity contribution in [3.63, 3.8) is 0 Å². The van der Waals surface area contributed by atoms with E-state index in [1.54, 1.807) is 11.8 Å². The highest BCUT2D eigenvalue weighted by atomic mass is 32.2. The third-order valence-electron chi connectivity index (χ3n) is 2.27. The Kier molecular flexibility index (Phi) is 10.4. The number of aliphatic carboxylic acids is 1. The monoisotopic (exact) mass is 292 g/mol. The number of carbonyl (C=O) groups excluding carboxylic acids is 1. The summed E-state index contributed by atoms with van der Waals surface area (Å²) in [6.07, 6.45) is 3.19. The molecule has 1 atom stereocenters. The third kappa shape index (κ3) is 10.6. The first-order valence-electron chi connectivity index (χ1n) is 6.35. The van der Waals surface area contributed by atoms with Gasteiger partial charge in [-0.25, -0.2) is 9.59 Å². The molecule has 0 saturated carbocycles. The summed E-state index contributed by atoms with van der Waals surface area (Å²) in [6.45, 7) is 4.94. The molecule has 0 spiro atoms. The molecule has 19 heavy (non-hydrogen) atoms. The number of ether oxygens (including phenoxy) is 1. The predicted molar refractivity (Wildman–Crippen MR) is 76.7 cm³/mol. The van der Waals surface area contributed by atoms with E-state index in [1.807, 2.05) is 20.1 Å². The molecule has 112 valence electrons. The lowest BCUT2D eigenvalue weighted by Crippen LogP contribution is -2.46. The Hall–Kier alpha value is -0.950. The SMILES string of the molecule is CSCCC(NC(=O)NCCCOC(C)C)C(=O)O. The number of rotatable bonds is 10. The second-order valence-corrected chi connectivity index (χ2v) is 5.33. The summed E-state index contributed by atoms with van der Waals surface area (Å²) in [6, 6.07) is -1.28. The quantitative estimate of drug-likeness (QED) is 0.528. The van der Waals surface area contributed by atoms with Crippen LogP contribution in [-0.4, -0.2) is 54.4 Å². The number of nitrogens with one attached hydrogen (secondary N) is 2. The average Bonchev–Trinajstić information content (AvgIpc) is 2.33. The van der Waals surface area contributed by atoms with Crippen LogP contribution in [0.4, 0.5) is 4.79 Å². The zero-order chi connectivity index (χ0) is 14.7. The first-order valence-corrected chi connectivity index (χ1v) is 7.74. The Bertz CT molecular complexity index is 274. The molecule has 0 heterocycles. The molecule has 0 aliphatic carbocycles. The van der Waals surface area contributed by atoms with Gasteiger partial charge in [-0.05, 0) is 38.7 Å². The minimum atomic E-state index is -1.01. The normalized spacial score (nSPS) is 12.2. The van der Waals surface area contributed by atoms with Gasteiger partial charge in [-0.2, -0.15) is 11.8 Å². The second kappa shape index (κ2) is 10.9. The van der Waals surface area contributed by atoms with Gasteiger partial charge < -0.3 is 20.5 Å². The number of hydrogen-bond acceptors (Lipinski definition) is 4. The molecule has 0 aliphatic heterocycles. The number of urea groups is 1. The smallest absolute Gasteiger partial charge is 0.326 e. The number of thioether (sulfide) groups is 1. The van der Waals surface area contributed by atoms with Crippen molar-refractivity contribution < 1.29 is 19.4 Å². The lowest BCUT2D eigenvalue weighted by atomic mass is 10.2. The van der Waals surface area contributed by atoms with Crippen molar-refractivity contribution >= 4 is 23.8 Å². The highest BCUT2D eigenvalue weighted by Gasteiger charge is 2.18. The summed E-state index contributed by atoms with van der Waals surface area (Å²) in [5, 5.41) is 14.0. The summed E-state index contributed by atoms with van der Waals surface area (Å²) in [7, 11) is 0. The summed E-state index contributed by atoms with van der Waals surface area (Å²) >= 11 is 1.55. The van der Waals surface area contributed by atoms with Gasteiger partial charge in [0.2, 0.25) is 0 Å². The molecule has 0 bridgehead atoms. The Morgan fingerprint density at radius 2 is 2.05 bits per heavy atom. The average molecular weight is 292 g/mol. The molecule has 6 nitrogen and oxygen atoms in total. The lowest BCUT2D eigenvalue weighted by molar-refractivity contribution is -0.139. The molecule has 0 radical (unpaired) electrons. The zero-order valence-electron chi connectivity index (χ0n) is 11.8. The minimum absolute atomic E-state index is 0.178. The van der Waals surface area contributed by atoms with Gasteiger partial charge in [0.15, 0.2) is 0 Å². The van der Waals surface area contributed by atoms with Crippen LogP contribution in [-0.2, 0) is 9.53 Å². The fraction of sp³-hybridized carbons (Fsp3) is 0.833. The van der Waals surface area contributed by atoms with Crippen LogP contribution in [0.3, 0.4) is 0 Å². The van der Waals surface area contributed by atoms with Gasteiger partial charge in [-0.3, -0.25) is 0 Å². The molecule has 3 N–H and O–H groups in total. The highest BCUT2D eigenvalue weighted by molar-refractivity contribution is 7.98. The van der Waals surface area contributed by atoms with Crippen molar-refractivity contribution in [3.8, 4) is 0 Å². The number of carboxylic acids is 1. The van der Waals surface area contributed by atoms with Crippen LogP contribution < -0.4 is 10.6 Å². The largest absolute Gasteiger partial charge is 0.480 e. The van der Waals surface area contributed by atoms with Crippen LogP contribution in [0.25, 0.3) is 0 Å². The van der Waals surface area contributed by atoms with E-state index in [1.165, 1.54) is 0 Å². The van der Waals surface area contributed by atoms with Crippen molar-refractivity contribution in [3.05, 3.63) is 0 Å². The van der Waals surface area contributed by atoms with Crippen molar-refractivity contribution in [2.45, 2.75) is 38.8 Å². The number of hydrogen-bond donors (Lipinski definition) is 3. The number of carbonyl (C=O) groups is 2. The molecule has 0 aliphatic rings. The Morgan fingerprint density at radius 3 is 2.58 bits per heavy atom. The summed E-state index contributed by atoms with van der Waals surface area (Å²) < 4.78 is 5.33. The van der Waals surface area contributed by atoms with Gasteiger partial charge in [-0.1, -0.05) is 0 Å². The third-order valence-corrected chi connectivity index (χ3v) is 2.92. The fourth-order valence-corrected chi connectivity index (χ4v) is 1.77. The molecule has 0 aromatic heterocycles. The van der Waals surface area contributed by atoms with Gasteiger partial charge in [0.05, 0.1) is 6.10 Å². The van der Waals surface area contributed by atoms with Crippen molar-refractivity contribution in [2.24, 2.45) is 0 Å². The lowest BCUT2D eigenvalue weighted by Gasteiger charge is -2.14. The Morgan fingerprint density at radius 1 is 1.37 bits per heavy atom. The van der Waals surface area contributed by atoms with Gasteiger partial charge in [0, 0.05) is 13.2 Å². The zero-order valence-corrected chi connectivity index (χ0v) is 12.6. The summed E-state index contributed by atoms with van der Waals surface area (Å²) in [4.78, 5) is 22.4. The maximum absolute atomic E-state index is 11.5. The first kappa shape index (κ1) is 18.0. The van der Waals surface area contributed by atoms with Crippen LogP contribution in [0, 0.1) is 0 Å². The second-order valence-electron chi connectivity index (χ2n) is 4.35. The Balaban J connectivity index is 3.77. The molecular weight excluding hydrogens is 268 g/mol. The van der Waals surface area contributed by atoms with Crippen molar-refractivity contribution in [2.75, 3.05) is 25.2 Å². The number of carboxylic acid groups (broad SMARTS) is 1. The highest BCUT2D eigenvalue weighted by Crippen LogP contribution is 2.00. The van der Waals surface area contributed by atoms with Gasteiger partial charge in [0.1, 0.15) is 6.04 Å². The molecule has 0 aromatic rings. The molecule has 1 unspecified atom stereocenters. The Labute approximate surface area is 118 Å². The van der Waals surface area contributed by atoms with E-state index in [2.05, 4.69) is 10.6 Å². The minimum Gasteiger partial charge on any atom is -0.480 e. The van der Waals surface area contributed by atoms with E-state index < -0.39 is 18.0 Å². The molecule has 7 heteroatoms. The number of amides is 2. The molecular formula is C12H24N2O4S.